The van der Waals surface area contributed by atoms with E-state index in [0.717, 1.165) is 0 Å². The summed E-state index contributed by atoms with van der Waals surface area (Å²) < 4.78 is 58.8. The van der Waals surface area contributed by atoms with E-state index in [0.29, 0.717) is 11.3 Å². The Morgan fingerprint density at radius 1 is 0.875 bits per heavy atom. The van der Waals surface area contributed by atoms with Crippen LogP contribution in [-0.4, -0.2) is 36.6 Å². The van der Waals surface area contributed by atoms with Gasteiger partial charge in [-0.3, -0.25) is 9.52 Å². The molecule has 0 bridgehead atoms. The minimum absolute atomic E-state index is 0.0795. The third-order valence-electron chi connectivity index (χ3n) is 3.60. The third kappa shape index (κ3) is 7.40. The number of pyridine rings is 1. The van der Waals surface area contributed by atoms with Crippen molar-refractivity contribution in [3.05, 3.63) is 84.6 Å². The van der Waals surface area contributed by atoms with Gasteiger partial charge in [0.15, 0.2) is 0 Å². The number of sulfonamides is 1. The molecule has 32 heavy (non-hydrogen) atoms. The van der Waals surface area contributed by atoms with Crippen molar-refractivity contribution in [1.29, 1.82) is 0 Å². The summed E-state index contributed by atoms with van der Waals surface area (Å²) in [5, 5.41) is 9.85. The van der Waals surface area contributed by atoms with Crippen molar-refractivity contribution in [3.63, 3.8) is 0 Å². The number of alkyl halides is 3. The van der Waals surface area contributed by atoms with Crippen LogP contribution in [0.4, 0.5) is 24.7 Å². The van der Waals surface area contributed by atoms with Crippen LogP contribution in [0.1, 0.15) is 10.4 Å². The number of carboxylic acid groups (broad SMARTS) is 1. The van der Waals surface area contributed by atoms with Crippen molar-refractivity contribution in [1.82, 2.24) is 4.98 Å². The highest BCUT2D eigenvalue weighted by Gasteiger charge is 2.38. The molecule has 3 aromatic rings. The van der Waals surface area contributed by atoms with Gasteiger partial charge in [0.05, 0.1) is 4.90 Å². The number of aromatic nitrogens is 1. The van der Waals surface area contributed by atoms with E-state index in [-0.39, 0.29) is 16.6 Å². The van der Waals surface area contributed by atoms with Crippen LogP contribution in [0.25, 0.3) is 0 Å². The summed E-state index contributed by atoms with van der Waals surface area (Å²) in [7, 11) is -3.74. The first-order chi connectivity index (χ1) is 15.0. The first-order valence-electron chi connectivity index (χ1n) is 8.69. The molecular weight excluding hydrogens is 451 g/mol. The molecule has 168 valence electrons. The number of anilines is 2. The van der Waals surface area contributed by atoms with Gasteiger partial charge < -0.3 is 10.4 Å². The molecule has 1 amide bonds. The molecule has 3 rings (SSSR count). The number of nitrogens with zero attached hydrogens (tertiary/aromatic N) is 1. The fourth-order valence-electron chi connectivity index (χ4n) is 2.13. The molecule has 0 atom stereocenters. The number of benzene rings is 2. The minimum Gasteiger partial charge on any atom is -0.475 e. The Labute approximate surface area is 180 Å². The largest absolute Gasteiger partial charge is 0.490 e. The zero-order valence-electron chi connectivity index (χ0n) is 16.1. The lowest BCUT2D eigenvalue weighted by atomic mass is 10.2. The maximum absolute atomic E-state index is 12.3. The van der Waals surface area contributed by atoms with Crippen LogP contribution in [0.5, 0.6) is 0 Å². The smallest absolute Gasteiger partial charge is 0.475 e. The number of amides is 1. The van der Waals surface area contributed by atoms with Crippen LogP contribution in [0.15, 0.2) is 83.9 Å². The molecule has 1 heterocycles. The summed E-state index contributed by atoms with van der Waals surface area (Å²) in [5.74, 6) is -2.78. The van der Waals surface area contributed by atoms with Crippen molar-refractivity contribution >= 4 is 33.4 Å². The second-order valence-corrected chi connectivity index (χ2v) is 7.65. The SMILES string of the molecule is O=C(Nc1ccc(S(=O)(=O)Nc2ccccn2)cc1)c1ccccc1.O=C(O)C(F)(F)F. The number of halogens is 3. The van der Waals surface area contributed by atoms with E-state index >= 15 is 0 Å². The van der Waals surface area contributed by atoms with Crippen molar-refractivity contribution < 1.29 is 36.3 Å². The Morgan fingerprint density at radius 3 is 1.94 bits per heavy atom. The molecule has 0 fully saturated rings. The van der Waals surface area contributed by atoms with Crippen LogP contribution in [0.3, 0.4) is 0 Å². The fraction of sp³-hybridized carbons (Fsp3) is 0.0500. The number of carbonyl (C=O) groups excluding carboxylic acids is 1. The summed E-state index contributed by atoms with van der Waals surface area (Å²) in [6.07, 6.45) is -3.58. The Balaban J connectivity index is 0.000000451. The van der Waals surface area contributed by atoms with Gasteiger partial charge in [0.1, 0.15) is 5.82 Å². The second kappa shape index (κ2) is 10.4. The molecule has 0 aliphatic rings. The molecule has 0 aliphatic heterocycles. The quantitative estimate of drug-likeness (QED) is 0.525. The van der Waals surface area contributed by atoms with Crippen molar-refractivity contribution in [2.24, 2.45) is 0 Å². The number of hydrogen-bond acceptors (Lipinski definition) is 5. The summed E-state index contributed by atoms with van der Waals surface area (Å²) in [6, 6.07) is 19.6. The maximum atomic E-state index is 12.3. The van der Waals surface area contributed by atoms with E-state index in [1.165, 1.54) is 30.5 Å². The Bertz CT molecular complexity index is 1150. The molecule has 8 nitrogen and oxygen atoms in total. The monoisotopic (exact) mass is 467 g/mol. The molecule has 1 aromatic heterocycles. The molecule has 0 radical (unpaired) electrons. The van der Waals surface area contributed by atoms with Gasteiger partial charge in [-0.1, -0.05) is 24.3 Å². The Kier molecular flexibility index (Phi) is 7.91. The number of carbonyl (C=O) groups is 2. The molecule has 2 aromatic carbocycles. The van der Waals surface area contributed by atoms with Gasteiger partial charge in [0.2, 0.25) is 0 Å². The minimum atomic E-state index is -5.08. The summed E-state index contributed by atoms with van der Waals surface area (Å²) in [6.45, 7) is 0. The molecule has 0 saturated carbocycles. The summed E-state index contributed by atoms with van der Waals surface area (Å²) in [4.78, 5) is 25.0. The number of carboxylic acids is 1. The number of nitrogens with one attached hydrogen (secondary N) is 2. The maximum Gasteiger partial charge on any atom is 0.490 e. The highest BCUT2D eigenvalue weighted by Crippen LogP contribution is 2.17. The van der Waals surface area contributed by atoms with Gasteiger partial charge in [-0.05, 0) is 48.5 Å². The average molecular weight is 467 g/mol. The van der Waals surface area contributed by atoms with Crippen molar-refractivity contribution in [2.75, 3.05) is 10.0 Å². The lowest BCUT2D eigenvalue weighted by Crippen LogP contribution is -2.21. The fourth-order valence-corrected chi connectivity index (χ4v) is 3.14. The Morgan fingerprint density at radius 2 is 1.44 bits per heavy atom. The molecule has 12 heteroatoms. The van der Waals surface area contributed by atoms with E-state index in [4.69, 9.17) is 9.90 Å². The van der Waals surface area contributed by atoms with Gasteiger partial charge in [-0.15, -0.1) is 0 Å². The second-order valence-electron chi connectivity index (χ2n) is 5.97. The number of hydrogen-bond donors (Lipinski definition) is 3. The Hall–Kier alpha value is -3.93. The summed E-state index contributed by atoms with van der Waals surface area (Å²) in [5.41, 5.74) is 1.03. The normalized spacial score (nSPS) is 11.0. The van der Waals surface area contributed by atoms with E-state index in [1.807, 2.05) is 6.07 Å². The van der Waals surface area contributed by atoms with Crippen molar-refractivity contribution in [2.45, 2.75) is 11.1 Å². The van der Waals surface area contributed by atoms with Gasteiger partial charge >= 0.3 is 12.1 Å². The molecule has 3 N–H and O–H groups in total. The van der Waals surface area contributed by atoms with Gasteiger partial charge in [0.25, 0.3) is 15.9 Å². The highest BCUT2D eigenvalue weighted by molar-refractivity contribution is 7.92. The van der Waals surface area contributed by atoms with E-state index < -0.39 is 22.2 Å². The first kappa shape index (κ1) is 24.3. The van der Waals surface area contributed by atoms with Crippen LogP contribution in [0, 0.1) is 0 Å². The van der Waals surface area contributed by atoms with Crippen molar-refractivity contribution in [3.8, 4) is 0 Å². The van der Waals surface area contributed by atoms with Crippen LogP contribution >= 0.6 is 0 Å². The zero-order valence-corrected chi connectivity index (χ0v) is 16.9. The van der Waals surface area contributed by atoms with Crippen LogP contribution < -0.4 is 10.0 Å². The molecule has 0 saturated heterocycles. The molecule has 0 spiro atoms. The molecule has 0 aliphatic carbocycles. The molecular formula is C20H16F3N3O5S. The average Bonchev–Trinajstić information content (AvgIpc) is 2.75. The van der Waals surface area contributed by atoms with Gasteiger partial charge in [0, 0.05) is 17.4 Å². The highest BCUT2D eigenvalue weighted by atomic mass is 32.2. The predicted molar refractivity (Wildman–Crippen MR) is 110 cm³/mol. The van der Waals surface area contributed by atoms with Gasteiger partial charge in [-0.2, -0.15) is 13.2 Å². The number of rotatable bonds is 5. The third-order valence-corrected chi connectivity index (χ3v) is 4.98. The van der Waals surface area contributed by atoms with E-state index in [2.05, 4.69) is 15.0 Å². The standard InChI is InChI=1S/C18H15N3O3S.C2HF3O2/c22-18(14-6-2-1-3-7-14)20-15-9-11-16(12-10-15)25(23,24)21-17-8-4-5-13-19-17;3-2(4,5)1(6)7/h1-13H,(H,19,21)(H,20,22);(H,6,7). The first-order valence-corrected chi connectivity index (χ1v) is 10.2. The zero-order chi connectivity index (χ0) is 23.8. The lowest BCUT2D eigenvalue weighted by Gasteiger charge is -2.09. The predicted octanol–water partition coefficient (Wildman–Crippen LogP) is 3.77. The van der Waals surface area contributed by atoms with Gasteiger partial charge in [-0.25, -0.2) is 18.2 Å². The van der Waals surface area contributed by atoms with Crippen LogP contribution in [0.2, 0.25) is 0 Å². The summed E-state index contributed by atoms with van der Waals surface area (Å²) >= 11 is 0. The van der Waals surface area contributed by atoms with Crippen LogP contribution in [-0.2, 0) is 14.8 Å². The molecule has 0 unspecified atom stereocenters. The lowest BCUT2D eigenvalue weighted by molar-refractivity contribution is -0.192. The van der Waals surface area contributed by atoms with E-state index in [9.17, 15) is 26.4 Å². The number of aliphatic carboxylic acids is 1. The van der Waals surface area contributed by atoms with E-state index in [1.54, 1.807) is 42.5 Å². The topological polar surface area (TPSA) is 125 Å².